The Morgan fingerprint density at radius 3 is 2.59 bits per heavy atom. The number of hydrogen-bond donors (Lipinski definition) is 1. The molecule has 17 heavy (non-hydrogen) atoms. The Morgan fingerprint density at radius 1 is 1.24 bits per heavy atom. The molecule has 0 bridgehead atoms. The number of pyridine rings is 1. The van der Waals surface area contributed by atoms with Gasteiger partial charge in [0.25, 0.3) is 5.69 Å². The molecule has 0 spiro atoms. The molecule has 0 atom stereocenters. The first-order valence-electron chi connectivity index (χ1n) is 4.83. The van der Waals surface area contributed by atoms with Crippen LogP contribution in [0.3, 0.4) is 0 Å². The Kier molecular flexibility index (Phi) is 2.87. The molecule has 0 aliphatic carbocycles. The Labute approximate surface area is 96.2 Å². The largest absolute Gasteiger partial charge is 0.427 e. The molecule has 0 unspecified atom stereocenters. The van der Waals surface area contributed by atoms with Crippen LogP contribution in [0.25, 0.3) is 0 Å². The highest BCUT2D eigenvalue weighted by Crippen LogP contribution is 2.09. The van der Waals surface area contributed by atoms with Crippen LogP contribution in [0.15, 0.2) is 53.7 Å². The average Bonchev–Trinajstić information content (AvgIpc) is 2.33. The molecule has 0 saturated heterocycles. The fourth-order valence-electron chi connectivity index (χ4n) is 1.30. The minimum absolute atomic E-state index is 0.102. The first kappa shape index (κ1) is 10.9. The first-order valence-corrected chi connectivity index (χ1v) is 4.83. The van der Waals surface area contributed by atoms with E-state index in [0.29, 0.717) is 5.69 Å². The van der Waals surface area contributed by atoms with E-state index in [2.05, 4.69) is 4.99 Å². The van der Waals surface area contributed by atoms with E-state index < -0.39 is 4.92 Å². The van der Waals surface area contributed by atoms with E-state index in [1.807, 2.05) is 6.07 Å². The molecule has 0 aliphatic heterocycles. The van der Waals surface area contributed by atoms with Gasteiger partial charge in [0.2, 0.25) is 0 Å². The van der Waals surface area contributed by atoms with Crippen LogP contribution in [-0.4, -0.2) is 14.9 Å². The summed E-state index contributed by atoms with van der Waals surface area (Å²) in [5, 5.41) is 20.1. The second-order valence-corrected chi connectivity index (χ2v) is 3.29. The topological polar surface area (TPSA) is 80.7 Å². The summed E-state index contributed by atoms with van der Waals surface area (Å²) in [5.41, 5.74) is 0.589. The molecular weight excluding hydrogens is 222 g/mol. The second kappa shape index (κ2) is 4.48. The SMILES string of the molecule is O=[N+]([O-])c1ccn(O)c(=Nc2ccccc2)c1. The normalized spacial score (nSPS) is 11.4. The zero-order valence-electron chi connectivity index (χ0n) is 8.72. The van der Waals surface area contributed by atoms with Crippen LogP contribution in [0.1, 0.15) is 0 Å². The van der Waals surface area contributed by atoms with Gasteiger partial charge in [-0.25, -0.2) is 4.99 Å². The lowest BCUT2D eigenvalue weighted by Crippen LogP contribution is -2.17. The lowest BCUT2D eigenvalue weighted by atomic mass is 10.3. The number of para-hydroxylation sites is 1. The van der Waals surface area contributed by atoms with Crippen LogP contribution in [0, 0.1) is 10.1 Å². The number of benzene rings is 1. The fourth-order valence-corrected chi connectivity index (χ4v) is 1.30. The van der Waals surface area contributed by atoms with Gasteiger partial charge in [-0.15, -0.1) is 0 Å². The van der Waals surface area contributed by atoms with Gasteiger partial charge < -0.3 is 5.21 Å². The van der Waals surface area contributed by atoms with Crippen molar-refractivity contribution in [2.45, 2.75) is 0 Å². The monoisotopic (exact) mass is 231 g/mol. The van der Waals surface area contributed by atoms with Gasteiger partial charge in [0.1, 0.15) is 0 Å². The van der Waals surface area contributed by atoms with Crippen molar-refractivity contribution in [3.63, 3.8) is 0 Å². The molecule has 6 heteroatoms. The molecule has 0 saturated carbocycles. The third kappa shape index (κ3) is 2.49. The number of nitrogens with zero attached hydrogens (tertiary/aromatic N) is 3. The first-order chi connectivity index (χ1) is 8.16. The third-order valence-corrected chi connectivity index (χ3v) is 2.11. The van der Waals surface area contributed by atoms with E-state index in [1.165, 1.54) is 18.3 Å². The van der Waals surface area contributed by atoms with Gasteiger partial charge in [-0.05, 0) is 12.1 Å². The number of rotatable bonds is 2. The summed E-state index contributed by atoms with van der Waals surface area (Å²) < 4.78 is 0.736. The summed E-state index contributed by atoms with van der Waals surface area (Å²) in [6.45, 7) is 0. The molecule has 2 aromatic rings. The summed E-state index contributed by atoms with van der Waals surface area (Å²) in [6, 6.07) is 11.3. The molecule has 1 aromatic heterocycles. The smallest absolute Gasteiger partial charge is 0.274 e. The summed E-state index contributed by atoms with van der Waals surface area (Å²) in [6.07, 6.45) is 1.18. The Balaban J connectivity index is 2.55. The number of nitro groups is 1. The molecule has 1 N–H and O–H groups in total. The average molecular weight is 231 g/mol. The maximum absolute atomic E-state index is 10.6. The predicted octanol–water partition coefficient (Wildman–Crippen LogP) is 1.87. The van der Waals surface area contributed by atoms with Gasteiger partial charge in [0.05, 0.1) is 22.9 Å². The summed E-state index contributed by atoms with van der Waals surface area (Å²) in [7, 11) is 0. The number of aromatic nitrogens is 1. The lowest BCUT2D eigenvalue weighted by molar-refractivity contribution is -0.385. The van der Waals surface area contributed by atoms with Crippen molar-refractivity contribution in [3.8, 4) is 0 Å². The molecule has 0 radical (unpaired) electrons. The van der Waals surface area contributed by atoms with E-state index in [-0.39, 0.29) is 11.2 Å². The van der Waals surface area contributed by atoms with Crippen LogP contribution >= 0.6 is 0 Å². The Bertz CT molecular complexity index is 605. The highest BCUT2D eigenvalue weighted by molar-refractivity contribution is 5.36. The van der Waals surface area contributed by atoms with Crippen LogP contribution in [-0.2, 0) is 0 Å². The molecule has 86 valence electrons. The lowest BCUT2D eigenvalue weighted by Gasteiger charge is -1.98. The van der Waals surface area contributed by atoms with E-state index in [1.54, 1.807) is 24.3 Å². The molecule has 1 heterocycles. The third-order valence-electron chi connectivity index (χ3n) is 2.11. The van der Waals surface area contributed by atoms with Gasteiger partial charge >= 0.3 is 0 Å². The van der Waals surface area contributed by atoms with Crippen LogP contribution < -0.4 is 5.49 Å². The second-order valence-electron chi connectivity index (χ2n) is 3.29. The molecule has 6 nitrogen and oxygen atoms in total. The van der Waals surface area contributed by atoms with Crippen molar-refractivity contribution in [1.82, 2.24) is 4.73 Å². The van der Waals surface area contributed by atoms with E-state index in [4.69, 9.17) is 0 Å². The predicted molar refractivity (Wildman–Crippen MR) is 59.9 cm³/mol. The van der Waals surface area contributed by atoms with Gasteiger partial charge in [0.15, 0.2) is 5.49 Å². The van der Waals surface area contributed by atoms with Crippen LogP contribution in [0.5, 0.6) is 0 Å². The standard InChI is InChI=1S/C11H9N3O3/c15-13-7-6-10(14(16)17)8-11(13)12-9-4-2-1-3-5-9/h1-8,15H. The fraction of sp³-hybridized carbons (Fsp3) is 0. The Hall–Kier alpha value is -2.63. The molecule has 1 aromatic carbocycles. The van der Waals surface area contributed by atoms with Gasteiger partial charge in [-0.1, -0.05) is 18.2 Å². The summed E-state index contributed by atoms with van der Waals surface area (Å²) >= 11 is 0. The molecule has 2 rings (SSSR count). The number of hydrogen-bond acceptors (Lipinski definition) is 4. The maximum Gasteiger partial charge on any atom is 0.274 e. The zero-order valence-corrected chi connectivity index (χ0v) is 8.72. The minimum atomic E-state index is -0.538. The van der Waals surface area contributed by atoms with E-state index in [9.17, 15) is 15.3 Å². The van der Waals surface area contributed by atoms with E-state index in [0.717, 1.165) is 4.73 Å². The van der Waals surface area contributed by atoms with Crippen LogP contribution in [0.2, 0.25) is 0 Å². The molecule has 0 aliphatic rings. The molecule has 0 fully saturated rings. The molecular formula is C11H9N3O3. The van der Waals surface area contributed by atoms with Gasteiger partial charge in [0, 0.05) is 6.07 Å². The zero-order chi connectivity index (χ0) is 12.3. The van der Waals surface area contributed by atoms with Crippen LogP contribution in [0.4, 0.5) is 11.4 Å². The molecule has 0 amide bonds. The highest BCUT2D eigenvalue weighted by Gasteiger charge is 2.05. The van der Waals surface area contributed by atoms with Crippen molar-refractivity contribution in [3.05, 3.63) is 64.3 Å². The van der Waals surface area contributed by atoms with Crippen molar-refractivity contribution < 1.29 is 10.1 Å². The maximum atomic E-state index is 10.6. The van der Waals surface area contributed by atoms with Crippen molar-refractivity contribution in [1.29, 1.82) is 0 Å². The quantitative estimate of drug-likeness (QED) is 0.486. The van der Waals surface area contributed by atoms with Gasteiger partial charge in [-0.3, -0.25) is 10.1 Å². The minimum Gasteiger partial charge on any atom is -0.427 e. The van der Waals surface area contributed by atoms with Crippen molar-refractivity contribution in [2.24, 2.45) is 4.99 Å². The van der Waals surface area contributed by atoms with Gasteiger partial charge in [-0.2, -0.15) is 4.73 Å². The van der Waals surface area contributed by atoms with E-state index >= 15 is 0 Å². The summed E-state index contributed by atoms with van der Waals surface area (Å²) in [5.74, 6) is 0. The highest BCUT2D eigenvalue weighted by atomic mass is 16.6. The van der Waals surface area contributed by atoms with Crippen molar-refractivity contribution in [2.75, 3.05) is 0 Å². The van der Waals surface area contributed by atoms with Crippen molar-refractivity contribution >= 4 is 11.4 Å². The Morgan fingerprint density at radius 2 is 1.94 bits per heavy atom. The summed E-state index contributed by atoms with van der Waals surface area (Å²) in [4.78, 5) is 14.1.